The highest BCUT2D eigenvalue weighted by Crippen LogP contribution is 2.24. The van der Waals surface area contributed by atoms with E-state index in [2.05, 4.69) is 33.3 Å². The van der Waals surface area contributed by atoms with E-state index in [4.69, 9.17) is 11.6 Å². The fourth-order valence-electron chi connectivity index (χ4n) is 2.90. The van der Waals surface area contributed by atoms with Gasteiger partial charge >= 0.3 is 0 Å². The molecule has 0 unspecified atom stereocenters. The van der Waals surface area contributed by atoms with Crippen LogP contribution in [0.1, 0.15) is 13.3 Å². The van der Waals surface area contributed by atoms with E-state index < -0.39 is 0 Å². The second-order valence-corrected chi connectivity index (χ2v) is 6.34. The zero-order chi connectivity index (χ0) is 16.9. The van der Waals surface area contributed by atoms with Crippen molar-refractivity contribution in [2.45, 2.75) is 13.3 Å². The summed E-state index contributed by atoms with van der Waals surface area (Å²) in [4.78, 5) is 16.2. The van der Waals surface area contributed by atoms with Crippen LogP contribution in [0.2, 0.25) is 5.02 Å². The molecule has 1 aliphatic rings. The quantitative estimate of drug-likeness (QED) is 0.910. The molecule has 0 bridgehead atoms. The van der Waals surface area contributed by atoms with E-state index in [1.165, 1.54) is 11.4 Å². The van der Waals surface area contributed by atoms with Gasteiger partial charge in [-0.15, -0.1) is 0 Å². The van der Waals surface area contributed by atoms with Crippen molar-refractivity contribution in [1.29, 1.82) is 0 Å². The van der Waals surface area contributed by atoms with Gasteiger partial charge in [0.05, 0.1) is 0 Å². The van der Waals surface area contributed by atoms with E-state index in [0.29, 0.717) is 6.42 Å². The zero-order valence-electron chi connectivity index (χ0n) is 13.8. The summed E-state index contributed by atoms with van der Waals surface area (Å²) in [5.41, 5.74) is 3.22. The van der Waals surface area contributed by atoms with Crippen molar-refractivity contribution in [3.8, 4) is 0 Å². The fraction of sp³-hybridized carbons (Fsp3) is 0.316. The highest BCUT2D eigenvalue weighted by Gasteiger charge is 2.17. The Bertz CT molecular complexity index is 694. The lowest BCUT2D eigenvalue weighted by Gasteiger charge is -2.37. The number of piperazine rings is 1. The molecule has 1 aliphatic heterocycles. The number of hydrogen-bond donors (Lipinski definition) is 1. The van der Waals surface area contributed by atoms with Crippen LogP contribution in [-0.4, -0.2) is 32.1 Å². The predicted molar refractivity (Wildman–Crippen MR) is 101 cm³/mol. The van der Waals surface area contributed by atoms with Crippen LogP contribution in [0.15, 0.2) is 48.5 Å². The van der Waals surface area contributed by atoms with Crippen LogP contribution < -0.4 is 15.1 Å². The van der Waals surface area contributed by atoms with Gasteiger partial charge in [-0.3, -0.25) is 4.79 Å². The van der Waals surface area contributed by atoms with Crippen LogP contribution in [-0.2, 0) is 4.79 Å². The number of hydrogen-bond acceptors (Lipinski definition) is 3. The Hall–Kier alpha value is -2.20. The SMILES string of the molecule is CCC(=O)Nc1ccc(N2CCN(c3cccc(Cl)c3)CC2)cc1. The van der Waals surface area contributed by atoms with Crippen LogP contribution in [0.5, 0.6) is 0 Å². The molecule has 1 saturated heterocycles. The first-order valence-corrected chi connectivity index (χ1v) is 8.69. The maximum Gasteiger partial charge on any atom is 0.224 e. The lowest BCUT2D eigenvalue weighted by Crippen LogP contribution is -2.46. The van der Waals surface area contributed by atoms with Crippen LogP contribution in [0.4, 0.5) is 17.1 Å². The van der Waals surface area contributed by atoms with Gasteiger partial charge in [-0.2, -0.15) is 0 Å². The second-order valence-electron chi connectivity index (χ2n) is 5.90. The minimum atomic E-state index is 0.0397. The molecular formula is C19H22ClN3O. The van der Waals surface area contributed by atoms with Gasteiger partial charge in [-0.05, 0) is 42.5 Å². The Morgan fingerprint density at radius 1 is 1.00 bits per heavy atom. The fourth-order valence-corrected chi connectivity index (χ4v) is 3.09. The van der Waals surface area contributed by atoms with Gasteiger partial charge < -0.3 is 15.1 Å². The number of carbonyl (C=O) groups excluding carboxylic acids is 1. The first-order chi connectivity index (χ1) is 11.7. The maximum absolute atomic E-state index is 11.4. The van der Waals surface area contributed by atoms with Gasteiger partial charge in [0.15, 0.2) is 0 Å². The normalized spacial score (nSPS) is 14.6. The maximum atomic E-state index is 11.4. The number of carbonyl (C=O) groups is 1. The van der Waals surface area contributed by atoms with Crippen molar-refractivity contribution in [1.82, 2.24) is 0 Å². The van der Waals surface area contributed by atoms with Crippen molar-refractivity contribution in [2.24, 2.45) is 0 Å². The summed E-state index contributed by atoms with van der Waals surface area (Å²) in [6, 6.07) is 16.1. The van der Waals surface area contributed by atoms with Gasteiger partial charge in [0.25, 0.3) is 0 Å². The summed E-state index contributed by atoms with van der Waals surface area (Å²) in [6.07, 6.45) is 0.493. The van der Waals surface area contributed by atoms with Gasteiger partial charge in [0.1, 0.15) is 0 Å². The van der Waals surface area contributed by atoms with Crippen molar-refractivity contribution in [3.63, 3.8) is 0 Å². The average Bonchev–Trinajstić information content (AvgIpc) is 2.62. The first-order valence-electron chi connectivity index (χ1n) is 8.31. The molecule has 0 radical (unpaired) electrons. The average molecular weight is 344 g/mol. The molecule has 0 spiro atoms. The Balaban J connectivity index is 1.59. The minimum Gasteiger partial charge on any atom is -0.368 e. The largest absolute Gasteiger partial charge is 0.368 e. The highest BCUT2D eigenvalue weighted by atomic mass is 35.5. The third-order valence-electron chi connectivity index (χ3n) is 4.29. The molecule has 4 nitrogen and oxygen atoms in total. The lowest BCUT2D eigenvalue weighted by atomic mass is 10.2. The molecule has 2 aromatic carbocycles. The third-order valence-corrected chi connectivity index (χ3v) is 4.53. The summed E-state index contributed by atoms with van der Waals surface area (Å²) >= 11 is 6.08. The molecule has 5 heteroatoms. The molecule has 126 valence electrons. The van der Waals surface area contributed by atoms with E-state index in [1.807, 2.05) is 37.3 Å². The summed E-state index contributed by atoms with van der Waals surface area (Å²) in [5, 5.41) is 3.65. The van der Waals surface area contributed by atoms with Crippen LogP contribution in [0.25, 0.3) is 0 Å². The highest BCUT2D eigenvalue weighted by molar-refractivity contribution is 6.30. The molecule has 0 saturated carbocycles. The minimum absolute atomic E-state index is 0.0397. The molecule has 0 atom stereocenters. The molecule has 1 heterocycles. The molecule has 3 rings (SSSR count). The summed E-state index contributed by atoms with van der Waals surface area (Å²) in [6.45, 7) is 5.72. The Labute approximate surface area is 148 Å². The number of halogens is 1. The zero-order valence-corrected chi connectivity index (χ0v) is 14.6. The molecule has 24 heavy (non-hydrogen) atoms. The predicted octanol–water partition coefficient (Wildman–Crippen LogP) is 4.02. The summed E-state index contributed by atoms with van der Waals surface area (Å²) < 4.78 is 0. The molecule has 1 N–H and O–H groups in total. The van der Waals surface area contributed by atoms with Crippen molar-refractivity contribution in [3.05, 3.63) is 53.6 Å². The molecule has 0 aromatic heterocycles. The number of benzene rings is 2. The Morgan fingerprint density at radius 3 is 2.21 bits per heavy atom. The first kappa shape index (κ1) is 16.7. The Kier molecular flexibility index (Phi) is 5.26. The van der Waals surface area contributed by atoms with E-state index in [-0.39, 0.29) is 5.91 Å². The third kappa shape index (κ3) is 4.01. The van der Waals surface area contributed by atoms with Gasteiger partial charge in [-0.25, -0.2) is 0 Å². The van der Waals surface area contributed by atoms with E-state index in [9.17, 15) is 4.79 Å². The standard InChI is InChI=1S/C19H22ClN3O/c1-2-19(24)21-16-6-8-17(9-7-16)22-10-12-23(13-11-22)18-5-3-4-15(20)14-18/h3-9,14H,2,10-13H2,1H3,(H,21,24). The smallest absolute Gasteiger partial charge is 0.224 e. The van der Waals surface area contributed by atoms with Crippen LogP contribution >= 0.6 is 11.6 Å². The van der Waals surface area contributed by atoms with Gasteiger partial charge in [0.2, 0.25) is 5.91 Å². The van der Waals surface area contributed by atoms with Crippen molar-refractivity contribution < 1.29 is 4.79 Å². The second kappa shape index (κ2) is 7.58. The lowest BCUT2D eigenvalue weighted by molar-refractivity contribution is -0.115. The molecule has 0 aliphatic carbocycles. The number of amides is 1. The van der Waals surface area contributed by atoms with Gasteiger partial charge in [-0.1, -0.05) is 24.6 Å². The monoisotopic (exact) mass is 343 g/mol. The van der Waals surface area contributed by atoms with Crippen molar-refractivity contribution in [2.75, 3.05) is 41.3 Å². The van der Waals surface area contributed by atoms with E-state index >= 15 is 0 Å². The number of nitrogens with one attached hydrogen (secondary N) is 1. The molecule has 2 aromatic rings. The van der Waals surface area contributed by atoms with Crippen LogP contribution in [0, 0.1) is 0 Å². The summed E-state index contributed by atoms with van der Waals surface area (Å²) in [7, 11) is 0. The van der Waals surface area contributed by atoms with Crippen molar-refractivity contribution >= 4 is 34.6 Å². The topological polar surface area (TPSA) is 35.6 Å². The molecule has 1 fully saturated rings. The summed E-state index contributed by atoms with van der Waals surface area (Å²) in [5.74, 6) is 0.0397. The number of anilines is 3. The molecular weight excluding hydrogens is 322 g/mol. The number of rotatable bonds is 4. The van der Waals surface area contributed by atoms with E-state index in [1.54, 1.807) is 0 Å². The van der Waals surface area contributed by atoms with Crippen LogP contribution in [0.3, 0.4) is 0 Å². The van der Waals surface area contributed by atoms with E-state index in [0.717, 1.165) is 36.9 Å². The number of nitrogens with zero attached hydrogens (tertiary/aromatic N) is 2. The Morgan fingerprint density at radius 2 is 1.62 bits per heavy atom. The molecule has 1 amide bonds. The van der Waals surface area contributed by atoms with Gasteiger partial charge in [0, 0.05) is 54.7 Å².